The Labute approximate surface area is 106 Å². The summed E-state index contributed by atoms with van der Waals surface area (Å²) in [5.41, 5.74) is 0. The van der Waals surface area contributed by atoms with Gasteiger partial charge >= 0.3 is 5.97 Å². The van der Waals surface area contributed by atoms with Gasteiger partial charge in [-0.25, -0.2) is 4.79 Å². The molecule has 15 heavy (non-hydrogen) atoms. The zero-order valence-corrected chi connectivity index (χ0v) is 11.4. The summed E-state index contributed by atoms with van der Waals surface area (Å²) >= 11 is 2.36. The van der Waals surface area contributed by atoms with E-state index in [0.29, 0.717) is 12.5 Å². The van der Waals surface area contributed by atoms with E-state index in [1.54, 1.807) is 0 Å². The number of alkyl halides is 1. The lowest BCUT2D eigenvalue weighted by Gasteiger charge is -2.08. The molecule has 0 aromatic carbocycles. The first-order valence-electron chi connectivity index (χ1n) is 5.26. The van der Waals surface area contributed by atoms with Crippen LogP contribution in [0.2, 0.25) is 0 Å². The zero-order chi connectivity index (χ0) is 11.5. The molecule has 3 heteroatoms. The Morgan fingerprint density at radius 1 is 1.60 bits per heavy atom. The average Bonchev–Trinajstić information content (AvgIpc) is 2.22. The van der Waals surface area contributed by atoms with Crippen LogP contribution in [0.4, 0.5) is 0 Å². The molecule has 86 valence electrons. The van der Waals surface area contributed by atoms with Gasteiger partial charge in [0.25, 0.3) is 0 Å². The van der Waals surface area contributed by atoms with Crippen molar-refractivity contribution in [1.82, 2.24) is 0 Å². The van der Waals surface area contributed by atoms with Crippen LogP contribution >= 0.6 is 22.6 Å². The molecule has 0 rings (SSSR count). The summed E-state index contributed by atoms with van der Waals surface area (Å²) in [7, 11) is 0. The highest BCUT2D eigenvalue weighted by atomic mass is 127. The summed E-state index contributed by atoms with van der Waals surface area (Å²) in [6.45, 7) is 5.96. The summed E-state index contributed by atoms with van der Waals surface area (Å²) in [5.74, 6) is 0.169. The fourth-order valence-electron chi connectivity index (χ4n) is 1.25. The van der Waals surface area contributed by atoms with E-state index in [2.05, 4.69) is 29.2 Å². The second-order valence-electron chi connectivity index (χ2n) is 3.23. The van der Waals surface area contributed by atoms with E-state index in [0.717, 1.165) is 17.3 Å². The number of carbonyl (C=O) groups excluding carboxylic acids is 1. The summed E-state index contributed by atoms with van der Waals surface area (Å²) in [4.78, 5) is 11.1. The molecule has 0 saturated heterocycles. The Morgan fingerprint density at radius 3 is 2.87 bits per heavy atom. The molecule has 1 atom stereocenters. The lowest BCUT2D eigenvalue weighted by atomic mass is 9.99. The number of halogens is 1. The molecule has 0 aliphatic rings. The minimum Gasteiger partial charge on any atom is -0.463 e. The second kappa shape index (κ2) is 10.2. The molecule has 0 N–H and O–H groups in total. The Hall–Kier alpha value is -0.320. The van der Waals surface area contributed by atoms with Crippen molar-refractivity contribution in [2.24, 2.45) is 5.92 Å². The smallest absolute Gasteiger partial charge is 0.330 e. The van der Waals surface area contributed by atoms with Crippen LogP contribution in [0.5, 0.6) is 0 Å². The molecular formula is C12H19IO2. The monoisotopic (exact) mass is 322 g/mol. The highest BCUT2D eigenvalue weighted by Crippen LogP contribution is 2.14. The fourth-order valence-corrected chi connectivity index (χ4v) is 1.69. The van der Waals surface area contributed by atoms with Gasteiger partial charge in [0.1, 0.15) is 0 Å². The van der Waals surface area contributed by atoms with E-state index in [9.17, 15) is 4.79 Å². The number of ether oxygens (including phenoxy) is 1. The first-order valence-corrected chi connectivity index (χ1v) is 6.79. The lowest BCUT2D eigenvalue weighted by Crippen LogP contribution is -2.02. The van der Waals surface area contributed by atoms with Gasteiger partial charge in [-0.2, -0.15) is 0 Å². The Bertz CT molecular complexity index is 212. The first-order chi connectivity index (χ1) is 7.24. The minimum absolute atomic E-state index is 0.249. The van der Waals surface area contributed by atoms with Crippen molar-refractivity contribution in [1.29, 1.82) is 0 Å². The largest absolute Gasteiger partial charge is 0.463 e. The summed E-state index contributed by atoms with van der Waals surface area (Å²) in [6, 6.07) is 0. The van der Waals surface area contributed by atoms with Crippen molar-refractivity contribution in [2.75, 3.05) is 11.0 Å². The summed E-state index contributed by atoms with van der Waals surface area (Å²) in [5, 5.41) is 0. The first kappa shape index (κ1) is 14.7. The molecule has 0 heterocycles. The molecular weight excluding hydrogens is 303 g/mol. The van der Waals surface area contributed by atoms with E-state index < -0.39 is 0 Å². The molecule has 0 amide bonds. The second-order valence-corrected chi connectivity index (χ2v) is 4.31. The average molecular weight is 322 g/mol. The van der Waals surface area contributed by atoms with Crippen LogP contribution in [-0.2, 0) is 9.53 Å². The van der Waals surface area contributed by atoms with Gasteiger partial charge in [-0.05, 0) is 36.5 Å². The van der Waals surface area contributed by atoms with E-state index >= 15 is 0 Å². The topological polar surface area (TPSA) is 26.3 Å². The number of esters is 1. The van der Waals surface area contributed by atoms with Gasteiger partial charge < -0.3 is 4.74 Å². The molecule has 0 aliphatic heterocycles. The van der Waals surface area contributed by atoms with Gasteiger partial charge in [-0.15, -0.1) is 6.58 Å². The maximum Gasteiger partial charge on any atom is 0.330 e. The molecule has 1 unspecified atom stereocenters. The number of carbonyl (C=O) groups is 1. The highest BCUT2D eigenvalue weighted by molar-refractivity contribution is 14.1. The summed E-state index contributed by atoms with van der Waals surface area (Å²) in [6.07, 6.45) is 8.56. The fraction of sp³-hybridized carbons (Fsp3) is 0.583. The zero-order valence-electron chi connectivity index (χ0n) is 9.25. The normalized spacial score (nSPS) is 12.7. The third-order valence-electron chi connectivity index (χ3n) is 1.97. The van der Waals surface area contributed by atoms with Crippen LogP contribution in [0.25, 0.3) is 0 Å². The quantitative estimate of drug-likeness (QED) is 0.225. The number of rotatable bonds is 8. The molecule has 0 fully saturated rings. The predicted octanol–water partition coefficient (Wildman–Crippen LogP) is 3.51. The maximum atomic E-state index is 11.1. The molecule has 0 aromatic heterocycles. The van der Waals surface area contributed by atoms with E-state index in [1.807, 2.05) is 19.1 Å². The van der Waals surface area contributed by atoms with Gasteiger partial charge in [0, 0.05) is 6.08 Å². The molecule has 0 bridgehead atoms. The lowest BCUT2D eigenvalue weighted by molar-refractivity contribution is -0.137. The molecule has 0 aliphatic carbocycles. The van der Waals surface area contributed by atoms with Crippen LogP contribution in [-0.4, -0.2) is 17.0 Å². The Kier molecular flexibility index (Phi) is 9.99. The third-order valence-corrected chi connectivity index (χ3v) is 2.73. The van der Waals surface area contributed by atoms with Crippen LogP contribution in [0.1, 0.15) is 26.2 Å². The van der Waals surface area contributed by atoms with Crippen molar-refractivity contribution in [3.05, 3.63) is 24.8 Å². The highest BCUT2D eigenvalue weighted by Gasteiger charge is 2.03. The van der Waals surface area contributed by atoms with E-state index in [-0.39, 0.29) is 5.97 Å². The molecule has 0 saturated carbocycles. The van der Waals surface area contributed by atoms with Gasteiger partial charge in [0.05, 0.1) is 6.61 Å². The van der Waals surface area contributed by atoms with Crippen molar-refractivity contribution < 1.29 is 9.53 Å². The maximum absolute atomic E-state index is 11.1. The number of hydrogen-bond acceptors (Lipinski definition) is 2. The SMILES string of the molecule is C=CCC(/C=C/C(=O)OCC)CCCI. The minimum atomic E-state index is -0.249. The Morgan fingerprint density at radius 2 is 2.33 bits per heavy atom. The molecule has 0 radical (unpaired) electrons. The van der Waals surface area contributed by atoms with Crippen LogP contribution in [0.3, 0.4) is 0 Å². The number of allylic oxidation sites excluding steroid dienone is 2. The van der Waals surface area contributed by atoms with Crippen molar-refractivity contribution >= 4 is 28.6 Å². The van der Waals surface area contributed by atoms with Gasteiger partial charge in [-0.3, -0.25) is 0 Å². The third kappa shape index (κ3) is 8.66. The van der Waals surface area contributed by atoms with Gasteiger partial charge in [0.15, 0.2) is 0 Å². The molecule has 0 spiro atoms. The van der Waals surface area contributed by atoms with Crippen molar-refractivity contribution in [2.45, 2.75) is 26.2 Å². The van der Waals surface area contributed by atoms with Gasteiger partial charge in [-0.1, -0.05) is 34.7 Å². The standard InChI is InChI=1S/C12H19IO2/c1-3-6-11(7-5-10-13)8-9-12(14)15-4-2/h3,8-9,11H,1,4-7,10H2,2H3/b9-8+. The van der Waals surface area contributed by atoms with Crippen LogP contribution in [0, 0.1) is 5.92 Å². The van der Waals surface area contributed by atoms with Crippen molar-refractivity contribution in [3.63, 3.8) is 0 Å². The predicted molar refractivity (Wildman–Crippen MR) is 72.2 cm³/mol. The number of hydrogen-bond donors (Lipinski definition) is 0. The van der Waals surface area contributed by atoms with E-state index in [1.165, 1.54) is 12.5 Å². The van der Waals surface area contributed by atoms with Crippen molar-refractivity contribution in [3.8, 4) is 0 Å². The molecule has 0 aromatic rings. The molecule has 2 nitrogen and oxygen atoms in total. The summed E-state index contributed by atoms with van der Waals surface area (Å²) < 4.78 is 5.97. The Balaban J connectivity index is 4.01. The van der Waals surface area contributed by atoms with Crippen LogP contribution < -0.4 is 0 Å². The van der Waals surface area contributed by atoms with Crippen LogP contribution in [0.15, 0.2) is 24.8 Å². The van der Waals surface area contributed by atoms with E-state index in [4.69, 9.17) is 4.74 Å². The van der Waals surface area contributed by atoms with Gasteiger partial charge in [0.2, 0.25) is 0 Å².